The first-order chi connectivity index (χ1) is 26.0. The average molecular weight is 817 g/mol. The molecule has 1 aromatic heterocycles. The van der Waals surface area contributed by atoms with Crippen molar-refractivity contribution in [1.82, 2.24) is 25.8 Å². The van der Waals surface area contributed by atoms with Gasteiger partial charge in [-0.3, -0.25) is 24.0 Å². The first-order valence-electron chi connectivity index (χ1n) is 19.0. The van der Waals surface area contributed by atoms with Crippen LogP contribution in [-0.2, 0) is 32.0 Å². The number of furan rings is 1. The maximum atomic E-state index is 14.0. The second kappa shape index (κ2) is 24.3. The number of amides is 5. The highest BCUT2D eigenvalue weighted by atomic mass is 35.5. The molecule has 15 heteroatoms. The lowest BCUT2D eigenvalue weighted by atomic mass is 9.99. The molecule has 1 aliphatic rings. The van der Waals surface area contributed by atoms with E-state index in [9.17, 15) is 24.0 Å². The number of benzene rings is 2. The van der Waals surface area contributed by atoms with E-state index in [2.05, 4.69) is 16.0 Å². The average Bonchev–Trinajstić information content (AvgIpc) is 3.72. The van der Waals surface area contributed by atoms with E-state index in [-0.39, 0.29) is 55.0 Å². The molecule has 7 N–H and O–H groups in total. The van der Waals surface area contributed by atoms with Crippen molar-refractivity contribution in [3.05, 3.63) is 95.9 Å². The van der Waals surface area contributed by atoms with Crippen molar-refractivity contribution >= 4 is 54.3 Å². The molecule has 56 heavy (non-hydrogen) atoms. The van der Waals surface area contributed by atoms with Crippen molar-refractivity contribution in [3.63, 3.8) is 0 Å². The Morgan fingerprint density at radius 3 is 1.89 bits per heavy atom. The maximum absolute atomic E-state index is 14.0. The van der Waals surface area contributed by atoms with E-state index in [0.717, 1.165) is 11.1 Å². The molecule has 0 radical (unpaired) electrons. The molecule has 2 heterocycles. The summed E-state index contributed by atoms with van der Waals surface area (Å²) in [6.07, 6.45) is 6.54. The van der Waals surface area contributed by atoms with E-state index in [0.29, 0.717) is 70.1 Å². The maximum Gasteiger partial charge on any atom is 0.257 e. The van der Waals surface area contributed by atoms with Crippen LogP contribution in [0.3, 0.4) is 0 Å². The Bertz CT molecular complexity index is 1640. The van der Waals surface area contributed by atoms with Crippen molar-refractivity contribution in [2.24, 2.45) is 17.4 Å². The normalized spacial score (nSPS) is 14.9. The number of nitrogens with two attached hydrogens (primary N) is 2. The Balaban J connectivity index is 0.00000541. The van der Waals surface area contributed by atoms with Crippen LogP contribution in [0, 0.1) is 5.92 Å². The summed E-state index contributed by atoms with van der Waals surface area (Å²) in [6, 6.07) is 16.6. The summed E-state index contributed by atoms with van der Waals surface area (Å²) >= 11 is 0. The molecule has 0 saturated carbocycles. The van der Waals surface area contributed by atoms with Gasteiger partial charge in [0.2, 0.25) is 23.6 Å². The molecule has 0 bridgehead atoms. The number of likely N-dealkylation sites (tertiary alicyclic amines) is 1. The van der Waals surface area contributed by atoms with Gasteiger partial charge >= 0.3 is 0 Å². The molecule has 4 atom stereocenters. The van der Waals surface area contributed by atoms with Crippen molar-refractivity contribution in [3.8, 4) is 0 Å². The van der Waals surface area contributed by atoms with Crippen molar-refractivity contribution in [1.29, 1.82) is 0 Å². The summed E-state index contributed by atoms with van der Waals surface area (Å²) in [6.45, 7) is 5.19. The molecule has 13 nitrogen and oxygen atoms in total. The fraction of sp³-hybridized carbons (Fsp3) is 0.488. The van der Waals surface area contributed by atoms with Gasteiger partial charge in [-0.2, -0.15) is 0 Å². The molecule has 0 unspecified atom stereocenters. The lowest BCUT2D eigenvalue weighted by molar-refractivity contribution is -0.139. The molecule has 2 aromatic carbocycles. The van der Waals surface area contributed by atoms with Crippen LogP contribution in [0.15, 0.2) is 83.7 Å². The highest BCUT2D eigenvalue weighted by molar-refractivity contribution is 5.95. The monoisotopic (exact) mass is 815 g/mol. The Hall–Kier alpha value is -4.43. The summed E-state index contributed by atoms with van der Waals surface area (Å²) < 4.78 is 5.07. The number of halogens is 2. The fourth-order valence-corrected chi connectivity index (χ4v) is 6.75. The summed E-state index contributed by atoms with van der Waals surface area (Å²) in [7, 11) is 1.76. The number of hydrogen-bond acceptors (Lipinski definition) is 8. The largest absolute Gasteiger partial charge is 0.472 e. The van der Waals surface area contributed by atoms with Gasteiger partial charge in [0.05, 0.1) is 17.9 Å². The first-order valence-corrected chi connectivity index (χ1v) is 19.0. The van der Waals surface area contributed by atoms with Gasteiger partial charge < -0.3 is 41.6 Å². The number of carbonyl (C=O) groups is 5. The second-order valence-electron chi connectivity index (χ2n) is 14.6. The molecule has 1 fully saturated rings. The van der Waals surface area contributed by atoms with Crippen LogP contribution in [-0.4, -0.2) is 96.2 Å². The third-order valence-electron chi connectivity index (χ3n) is 9.86. The molecule has 0 spiro atoms. The molecule has 5 amide bonds. The van der Waals surface area contributed by atoms with Gasteiger partial charge in [0.1, 0.15) is 24.4 Å². The minimum atomic E-state index is -1.01. The van der Waals surface area contributed by atoms with Crippen LogP contribution >= 0.6 is 24.8 Å². The Morgan fingerprint density at radius 1 is 0.786 bits per heavy atom. The van der Waals surface area contributed by atoms with Crippen LogP contribution in [0.4, 0.5) is 0 Å². The van der Waals surface area contributed by atoms with E-state index < -0.39 is 41.9 Å². The topological polar surface area (TPSA) is 193 Å². The minimum absolute atomic E-state index is 0. The summed E-state index contributed by atoms with van der Waals surface area (Å²) in [5, 5.41) is 8.70. The second-order valence-corrected chi connectivity index (χ2v) is 14.6. The quantitative estimate of drug-likeness (QED) is 0.113. The van der Waals surface area contributed by atoms with Crippen LogP contribution in [0.2, 0.25) is 0 Å². The Kier molecular flexibility index (Phi) is 20.7. The van der Waals surface area contributed by atoms with E-state index in [1.54, 1.807) is 22.9 Å². The number of nitrogens with zero attached hydrogens (tertiary/aromatic N) is 2. The standard InChI is InChI=1S/C41H57N7O6.2ClH/c1-28(2)24-35(46-39(51)36(26-30-14-8-5-9-15-30)45-37(49)33(43)25-29-12-6-4-7-13-29)38(50)44-34(16-10-11-20-42)41(53)48-21-17-32(18-22-48)47(3)40(52)31-19-23-54-27-31;;/h4-9,12-15,19,23,27-28,32-36H,10-11,16-18,20-22,24-26,42-43H2,1-3H3,(H,44,50)(H,45,49)(H,46,51);2*1H/t33-,34-,35-,36-;;/m1../s1. The Morgan fingerprint density at radius 2 is 1.34 bits per heavy atom. The third-order valence-corrected chi connectivity index (χ3v) is 9.86. The molecular weight excluding hydrogens is 757 g/mol. The zero-order valence-corrected chi connectivity index (χ0v) is 34.2. The van der Waals surface area contributed by atoms with Crippen LogP contribution in [0.25, 0.3) is 0 Å². The van der Waals surface area contributed by atoms with Gasteiger partial charge in [0.15, 0.2) is 0 Å². The molecule has 4 rings (SSSR count). The van der Waals surface area contributed by atoms with Crippen molar-refractivity contribution in [2.75, 3.05) is 26.7 Å². The lowest BCUT2D eigenvalue weighted by Crippen LogP contribution is -2.59. The molecule has 0 aliphatic carbocycles. The molecule has 308 valence electrons. The van der Waals surface area contributed by atoms with Gasteiger partial charge in [-0.05, 0) is 74.6 Å². The minimum Gasteiger partial charge on any atom is -0.472 e. The smallest absolute Gasteiger partial charge is 0.257 e. The molecular formula is C41H59Cl2N7O6. The van der Waals surface area contributed by atoms with Crippen molar-refractivity contribution < 1.29 is 28.4 Å². The predicted molar refractivity (Wildman–Crippen MR) is 221 cm³/mol. The highest BCUT2D eigenvalue weighted by Gasteiger charge is 2.34. The summed E-state index contributed by atoms with van der Waals surface area (Å²) in [5.74, 6) is -1.81. The number of nitrogens with one attached hydrogen (secondary N) is 3. The summed E-state index contributed by atoms with van der Waals surface area (Å²) in [4.78, 5) is 71.6. The van der Waals surface area contributed by atoms with E-state index >= 15 is 0 Å². The molecule has 1 aliphatic heterocycles. The van der Waals surface area contributed by atoms with Gasteiger partial charge in [0.25, 0.3) is 5.91 Å². The highest BCUT2D eigenvalue weighted by Crippen LogP contribution is 2.20. The van der Waals surface area contributed by atoms with Gasteiger partial charge in [0, 0.05) is 32.6 Å². The van der Waals surface area contributed by atoms with E-state index in [4.69, 9.17) is 15.9 Å². The van der Waals surface area contributed by atoms with Crippen LogP contribution < -0.4 is 27.4 Å². The van der Waals surface area contributed by atoms with Gasteiger partial charge in [-0.1, -0.05) is 74.5 Å². The molecule has 3 aromatic rings. The third kappa shape index (κ3) is 14.6. The summed E-state index contributed by atoms with van der Waals surface area (Å²) in [5.41, 5.74) is 14.2. The van der Waals surface area contributed by atoms with Gasteiger partial charge in [-0.25, -0.2) is 0 Å². The lowest BCUT2D eigenvalue weighted by Gasteiger charge is -2.38. The number of unbranched alkanes of at least 4 members (excludes halogenated alkanes) is 1. The number of piperidine rings is 1. The SMILES string of the molecule is CC(C)C[C@@H](NC(=O)[C@@H](Cc1ccccc1)NC(=O)[C@H](N)Cc1ccccc1)C(=O)N[C@H](CCCCN)C(=O)N1CCC(N(C)C(=O)c2ccoc2)CC1.Cl.Cl. The van der Waals surface area contributed by atoms with Crippen molar-refractivity contribution in [2.45, 2.75) is 95.4 Å². The fourth-order valence-electron chi connectivity index (χ4n) is 6.75. The van der Waals surface area contributed by atoms with Gasteiger partial charge in [-0.15, -0.1) is 24.8 Å². The number of carbonyl (C=O) groups excluding carboxylic acids is 5. The molecule has 1 saturated heterocycles. The first kappa shape index (κ1) is 47.7. The van der Waals surface area contributed by atoms with Crippen LogP contribution in [0.5, 0.6) is 0 Å². The van der Waals surface area contributed by atoms with E-state index in [1.807, 2.05) is 74.5 Å². The van der Waals surface area contributed by atoms with E-state index in [1.165, 1.54) is 12.5 Å². The predicted octanol–water partition coefficient (Wildman–Crippen LogP) is 3.63. The number of hydrogen-bond donors (Lipinski definition) is 5. The van der Waals surface area contributed by atoms with Crippen LogP contribution in [0.1, 0.15) is 73.9 Å². The zero-order valence-electron chi connectivity index (χ0n) is 32.6. The Labute approximate surface area is 342 Å². The number of rotatable bonds is 19. The zero-order chi connectivity index (χ0) is 39.0.